The van der Waals surface area contributed by atoms with Crippen molar-refractivity contribution in [1.29, 1.82) is 10.5 Å². The van der Waals surface area contributed by atoms with Crippen LogP contribution in [0, 0.1) is 22.7 Å². The van der Waals surface area contributed by atoms with Gasteiger partial charge in [-0.25, -0.2) is 4.98 Å². The Morgan fingerprint density at radius 1 is 1.00 bits per heavy atom. The minimum Gasteiger partial charge on any atom is -0.294 e. The van der Waals surface area contributed by atoms with Gasteiger partial charge in [-0.2, -0.15) is 10.5 Å². The van der Waals surface area contributed by atoms with E-state index in [0.29, 0.717) is 17.6 Å². The van der Waals surface area contributed by atoms with E-state index in [1.165, 1.54) is 5.56 Å². The lowest BCUT2D eigenvalue weighted by atomic mass is 9.82. The molecule has 2 aromatic heterocycles. The molecule has 26 heavy (non-hydrogen) atoms. The summed E-state index contributed by atoms with van der Waals surface area (Å²) >= 11 is 0. The van der Waals surface area contributed by atoms with Crippen molar-refractivity contribution >= 4 is 16.7 Å². The van der Waals surface area contributed by atoms with Gasteiger partial charge in [0.1, 0.15) is 11.6 Å². The van der Waals surface area contributed by atoms with Gasteiger partial charge in [-0.3, -0.25) is 4.40 Å². The quantitative estimate of drug-likeness (QED) is 0.524. The van der Waals surface area contributed by atoms with Gasteiger partial charge in [-0.15, -0.1) is 0 Å². The zero-order valence-electron chi connectivity index (χ0n) is 14.0. The normalized spacial score (nSPS) is 12.4. The van der Waals surface area contributed by atoms with Crippen molar-refractivity contribution in [3.05, 3.63) is 70.9 Å². The molecule has 0 fully saturated rings. The van der Waals surface area contributed by atoms with Gasteiger partial charge in [-0.1, -0.05) is 36.4 Å². The molecule has 5 rings (SSSR count). The Morgan fingerprint density at radius 3 is 2.65 bits per heavy atom. The fourth-order valence-electron chi connectivity index (χ4n) is 4.18. The Balaban J connectivity index is 2.04. The molecule has 0 radical (unpaired) electrons. The predicted molar refractivity (Wildman–Crippen MR) is 99.6 cm³/mol. The number of imidazole rings is 1. The molecule has 4 nitrogen and oxygen atoms in total. The molecule has 0 saturated heterocycles. The average molecular weight is 334 g/mol. The molecule has 0 amide bonds. The predicted octanol–water partition coefficient (Wildman–Crippen LogP) is 4.19. The van der Waals surface area contributed by atoms with Gasteiger partial charge in [-0.05, 0) is 41.7 Å². The summed E-state index contributed by atoms with van der Waals surface area (Å²) in [6.07, 6.45) is 2.05. The van der Waals surface area contributed by atoms with E-state index in [-0.39, 0.29) is 0 Å². The molecule has 4 heteroatoms. The van der Waals surface area contributed by atoms with Crippen molar-refractivity contribution in [2.24, 2.45) is 0 Å². The lowest BCUT2D eigenvalue weighted by Gasteiger charge is -2.24. The van der Waals surface area contributed by atoms with Crippen LogP contribution in [0.15, 0.2) is 48.5 Å². The largest absolute Gasteiger partial charge is 0.294 e. The molecule has 2 heterocycles. The van der Waals surface area contributed by atoms with E-state index in [1.54, 1.807) is 0 Å². The van der Waals surface area contributed by atoms with Crippen LogP contribution in [0.5, 0.6) is 0 Å². The van der Waals surface area contributed by atoms with Crippen molar-refractivity contribution in [2.75, 3.05) is 0 Å². The first-order valence-electron chi connectivity index (χ1n) is 8.63. The monoisotopic (exact) mass is 334 g/mol. The van der Waals surface area contributed by atoms with Gasteiger partial charge in [0.2, 0.25) is 0 Å². The average Bonchev–Trinajstić information content (AvgIpc) is 3.07. The van der Waals surface area contributed by atoms with Gasteiger partial charge in [0.15, 0.2) is 5.65 Å². The van der Waals surface area contributed by atoms with Crippen LogP contribution in [-0.2, 0) is 19.3 Å². The first-order valence-corrected chi connectivity index (χ1v) is 8.63. The number of benzene rings is 2. The summed E-state index contributed by atoms with van der Waals surface area (Å²) in [4.78, 5) is 4.74. The van der Waals surface area contributed by atoms with Gasteiger partial charge < -0.3 is 0 Å². The second-order valence-electron chi connectivity index (χ2n) is 6.54. The van der Waals surface area contributed by atoms with Crippen molar-refractivity contribution in [3.8, 4) is 23.3 Å². The molecule has 1 aliphatic rings. The maximum absolute atomic E-state index is 9.99. The molecule has 0 N–H and O–H groups in total. The van der Waals surface area contributed by atoms with Crippen molar-refractivity contribution in [3.63, 3.8) is 0 Å². The van der Waals surface area contributed by atoms with Gasteiger partial charge in [0.05, 0.1) is 23.5 Å². The van der Waals surface area contributed by atoms with Crippen molar-refractivity contribution in [1.82, 2.24) is 9.38 Å². The maximum Gasteiger partial charge on any atom is 0.156 e. The van der Waals surface area contributed by atoms with E-state index in [0.717, 1.165) is 46.3 Å². The maximum atomic E-state index is 9.99. The third-order valence-corrected chi connectivity index (χ3v) is 5.24. The molecule has 0 unspecified atom stereocenters. The smallest absolute Gasteiger partial charge is 0.156 e. The number of nitriles is 2. The molecule has 0 saturated carbocycles. The van der Waals surface area contributed by atoms with Gasteiger partial charge in [0.25, 0.3) is 0 Å². The lowest BCUT2D eigenvalue weighted by molar-refractivity contribution is 0.891. The Morgan fingerprint density at radius 2 is 1.81 bits per heavy atom. The van der Waals surface area contributed by atoms with E-state index < -0.39 is 0 Å². The number of para-hydroxylation sites is 2. The highest BCUT2D eigenvalue weighted by Crippen LogP contribution is 2.40. The fourth-order valence-corrected chi connectivity index (χ4v) is 4.18. The highest BCUT2D eigenvalue weighted by molar-refractivity contribution is 5.90. The van der Waals surface area contributed by atoms with Crippen LogP contribution < -0.4 is 0 Å². The molecular weight excluding hydrogens is 320 g/mol. The molecule has 2 aromatic carbocycles. The molecular formula is C22H14N4. The number of aryl methyl sites for hydroxylation is 1. The first kappa shape index (κ1) is 14.7. The standard InChI is InChI=1S/C22H14N4/c23-12-11-19-16-10-9-14-5-1-2-6-15(14)21(16)17(13-24)22-25-18-7-3-4-8-20(18)26(19)22/h1-8H,9-11H2. The Hall–Kier alpha value is -3.63. The highest BCUT2D eigenvalue weighted by atomic mass is 15.0. The number of hydrogen-bond acceptors (Lipinski definition) is 3. The summed E-state index contributed by atoms with van der Waals surface area (Å²) in [5, 5.41) is 19.5. The van der Waals surface area contributed by atoms with E-state index in [4.69, 9.17) is 4.98 Å². The van der Waals surface area contributed by atoms with Crippen LogP contribution in [0.25, 0.3) is 27.8 Å². The Bertz CT molecular complexity index is 1280. The fraction of sp³-hybridized carbons (Fsp3) is 0.136. The van der Waals surface area contributed by atoms with Crippen LogP contribution in [0.3, 0.4) is 0 Å². The molecule has 122 valence electrons. The highest BCUT2D eigenvalue weighted by Gasteiger charge is 2.27. The summed E-state index contributed by atoms with van der Waals surface area (Å²) < 4.78 is 2.02. The van der Waals surface area contributed by atoms with E-state index >= 15 is 0 Å². The van der Waals surface area contributed by atoms with Crippen LogP contribution in [0.2, 0.25) is 0 Å². The summed E-state index contributed by atoms with van der Waals surface area (Å²) in [5.74, 6) is 0. The van der Waals surface area contributed by atoms with Gasteiger partial charge >= 0.3 is 0 Å². The van der Waals surface area contributed by atoms with Crippen molar-refractivity contribution < 1.29 is 0 Å². The van der Waals surface area contributed by atoms with E-state index in [2.05, 4.69) is 24.3 Å². The second-order valence-corrected chi connectivity index (χ2v) is 6.54. The van der Waals surface area contributed by atoms with E-state index in [1.807, 2.05) is 40.8 Å². The number of aromatic nitrogens is 2. The minimum absolute atomic E-state index is 0.299. The summed E-state index contributed by atoms with van der Waals surface area (Å²) in [6.45, 7) is 0. The lowest BCUT2D eigenvalue weighted by Crippen LogP contribution is -2.13. The third-order valence-electron chi connectivity index (χ3n) is 5.24. The zero-order chi connectivity index (χ0) is 17.7. The summed E-state index contributed by atoms with van der Waals surface area (Å²) in [6, 6.07) is 20.8. The summed E-state index contributed by atoms with van der Waals surface area (Å²) in [7, 11) is 0. The number of hydrogen-bond donors (Lipinski definition) is 0. The topological polar surface area (TPSA) is 64.9 Å². The Labute approximate surface area is 150 Å². The van der Waals surface area contributed by atoms with E-state index in [9.17, 15) is 10.5 Å². The molecule has 0 bridgehead atoms. The van der Waals surface area contributed by atoms with Crippen LogP contribution >= 0.6 is 0 Å². The van der Waals surface area contributed by atoms with Crippen LogP contribution in [0.4, 0.5) is 0 Å². The zero-order valence-corrected chi connectivity index (χ0v) is 14.0. The number of nitrogens with zero attached hydrogens (tertiary/aromatic N) is 4. The Kier molecular flexibility index (Phi) is 3.07. The summed E-state index contributed by atoms with van der Waals surface area (Å²) in [5.41, 5.74) is 8.42. The van der Waals surface area contributed by atoms with Gasteiger partial charge in [0, 0.05) is 11.3 Å². The second kappa shape index (κ2) is 5.44. The number of pyridine rings is 1. The molecule has 0 spiro atoms. The van der Waals surface area contributed by atoms with Crippen molar-refractivity contribution in [2.45, 2.75) is 19.3 Å². The number of rotatable bonds is 1. The molecule has 0 aliphatic heterocycles. The van der Waals surface area contributed by atoms with Crippen LogP contribution in [-0.4, -0.2) is 9.38 Å². The first-order chi connectivity index (χ1) is 12.8. The SMILES string of the molecule is N#CCc1c2c(c(C#N)c3nc4ccccc4n13)-c1ccccc1CC2. The molecule has 4 aromatic rings. The number of fused-ring (bicyclic) bond motifs is 6. The third kappa shape index (κ3) is 1.84. The van der Waals surface area contributed by atoms with Crippen LogP contribution in [0.1, 0.15) is 22.4 Å². The molecule has 1 aliphatic carbocycles. The molecule has 0 atom stereocenters. The minimum atomic E-state index is 0.299.